The summed E-state index contributed by atoms with van der Waals surface area (Å²) in [6.45, 7) is 17.7. The van der Waals surface area contributed by atoms with Crippen LogP contribution in [0.4, 0.5) is 17.6 Å². The third kappa shape index (κ3) is 51.5. The molecule has 0 unspecified atom stereocenters. The van der Waals surface area contributed by atoms with Crippen LogP contribution in [-0.4, -0.2) is 194 Å². The second kappa shape index (κ2) is 62.1. The van der Waals surface area contributed by atoms with Gasteiger partial charge in [0, 0.05) is 48.7 Å². The summed E-state index contributed by atoms with van der Waals surface area (Å²) in [6.07, 6.45) is 11.8. The molecule has 0 amide bonds. The van der Waals surface area contributed by atoms with Crippen LogP contribution in [0.3, 0.4) is 0 Å². The van der Waals surface area contributed by atoms with Crippen molar-refractivity contribution < 1.29 is 72.1 Å². The standard InChI is InChI=1S/2C19H21FN2O2.C15H11FO2.C8H7FO.C7H16N2O.C7H6O2.C4H10ClN.C3H7NO.C3H8.ClH/c2*1-22(2)13-14-24-21-19(17-5-3-4-6-18(17)20)12-9-15-7-10-16(23)11-8-15;16-14-4-2-1-3-13(14)15(18)10-7-11-5-8-12(17)9-6-11;1-6(10)7-4-2-3-5-8(7)9;1-7(2)8-10-6-5-9(3)4;8-5-6-1-3-7(9)4-2-6;1-6(2)4-3-5;1-3(2)4-5;1-3-2;/h2*3-12,23H,13-14H2,1-2H3;1-10,17H;2-5H,1H3;5-6H2,1-4H3;1-5,9H;3-4H2,1-2H3;5H,1-2H3;3H2,1-2H3;1H/b2*12-9+,21-19?;10-7+;;;;;;;. The highest BCUT2D eigenvalue weighted by Gasteiger charge is 2.11. The highest BCUT2D eigenvalue weighted by Crippen LogP contribution is 2.18. The van der Waals surface area contributed by atoms with Gasteiger partial charge in [-0.25, -0.2) is 17.6 Å². The zero-order valence-corrected chi connectivity index (χ0v) is 67.0. The summed E-state index contributed by atoms with van der Waals surface area (Å²) in [5.41, 5.74) is 6.47. The van der Waals surface area contributed by atoms with Crippen LogP contribution in [-0.2, 0) is 14.5 Å². The molecule has 0 saturated carbocycles. The van der Waals surface area contributed by atoms with Gasteiger partial charge in [-0.2, -0.15) is 0 Å². The minimum Gasteiger partial charge on any atom is -0.508 e. The molecule has 8 rings (SSSR count). The Morgan fingerprint density at radius 2 is 0.664 bits per heavy atom. The average molecular weight is 1560 g/mol. The van der Waals surface area contributed by atoms with Crippen LogP contribution in [0.15, 0.2) is 233 Å². The lowest BCUT2D eigenvalue weighted by Crippen LogP contribution is -2.17. The molecule has 0 heterocycles. The number of aromatic hydroxyl groups is 4. The van der Waals surface area contributed by atoms with E-state index in [9.17, 15) is 42.2 Å². The highest BCUT2D eigenvalue weighted by molar-refractivity contribution is 6.18. The summed E-state index contributed by atoms with van der Waals surface area (Å²) in [6, 6.07) is 50.5. The Kier molecular flexibility index (Phi) is 57.2. The fourth-order valence-electron chi connectivity index (χ4n) is 7.25. The van der Waals surface area contributed by atoms with Gasteiger partial charge >= 0.3 is 0 Å². The minimum atomic E-state index is -0.530. The first-order valence-electron chi connectivity index (χ1n) is 34.4. The second-order valence-corrected chi connectivity index (χ2v) is 24.8. The topological polar surface area (TPSA) is 242 Å². The van der Waals surface area contributed by atoms with Gasteiger partial charge in [0.15, 0.2) is 11.6 Å². The first-order valence-corrected chi connectivity index (χ1v) is 35.0. The van der Waals surface area contributed by atoms with Crippen LogP contribution in [0.25, 0.3) is 18.2 Å². The minimum absolute atomic E-state index is 0. The summed E-state index contributed by atoms with van der Waals surface area (Å²) in [5.74, 6) is -0.859. The van der Waals surface area contributed by atoms with Crippen LogP contribution in [0, 0.1) is 23.3 Å². The Balaban J connectivity index is 0. The maximum Gasteiger partial charge on any atom is 0.188 e. The first kappa shape index (κ1) is 101. The van der Waals surface area contributed by atoms with Crippen molar-refractivity contribution >= 4 is 82.9 Å². The lowest BCUT2D eigenvalue weighted by molar-refractivity contribution is 0.101. The summed E-state index contributed by atoms with van der Waals surface area (Å²) in [4.78, 5) is 56.0. The van der Waals surface area contributed by atoms with Gasteiger partial charge in [-0.15, -0.1) is 24.0 Å². The van der Waals surface area contributed by atoms with E-state index >= 15 is 0 Å². The number of carbonyl (C=O) groups is 3. The number of phenols is 4. The molecule has 8 aromatic carbocycles. The third-order valence-corrected chi connectivity index (χ3v) is 13.1. The van der Waals surface area contributed by atoms with E-state index < -0.39 is 11.6 Å². The van der Waals surface area contributed by atoms with Crippen LogP contribution in [0.1, 0.15) is 114 Å². The van der Waals surface area contributed by atoms with Crippen LogP contribution in [0.2, 0.25) is 0 Å². The van der Waals surface area contributed by atoms with Crippen molar-refractivity contribution in [3.8, 4) is 23.0 Å². The van der Waals surface area contributed by atoms with Gasteiger partial charge < -0.3 is 59.7 Å². The first-order chi connectivity index (χ1) is 51.9. The van der Waals surface area contributed by atoms with E-state index in [2.05, 4.69) is 39.4 Å². The molecule has 19 nitrogen and oxygen atoms in total. The summed E-state index contributed by atoms with van der Waals surface area (Å²) < 4.78 is 54.0. The molecule has 0 aliphatic rings. The van der Waals surface area contributed by atoms with Crippen molar-refractivity contribution in [2.45, 2.75) is 54.9 Å². The highest BCUT2D eigenvalue weighted by atomic mass is 35.5. The number of Topliss-reactive ketones (excluding diaryl/α,β-unsaturated/α-hetero) is 1. The summed E-state index contributed by atoms with van der Waals surface area (Å²) >= 11 is 5.35. The number of hydrogen-bond donors (Lipinski definition) is 5. The van der Waals surface area contributed by atoms with Gasteiger partial charge in [0.1, 0.15) is 83.8 Å². The molecule has 0 aliphatic heterocycles. The van der Waals surface area contributed by atoms with Gasteiger partial charge in [0.25, 0.3) is 0 Å². The Hall–Kier alpha value is -10.8. The molecule has 0 saturated heterocycles. The Bertz CT molecular complexity index is 3920. The monoisotopic (exact) mass is 1560 g/mol. The molecule has 0 atom stereocenters. The second-order valence-electron chi connectivity index (χ2n) is 24.5. The van der Waals surface area contributed by atoms with Crippen LogP contribution < -0.4 is 0 Å². The molecule has 0 aliphatic carbocycles. The fourth-order valence-corrected chi connectivity index (χ4v) is 7.59. The number of likely N-dealkylation sites (N-methyl/N-ethyl adjacent to an activating group) is 3. The van der Waals surface area contributed by atoms with E-state index in [1.165, 1.54) is 86.2 Å². The molecule has 0 spiro atoms. The number of benzene rings is 8. The van der Waals surface area contributed by atoms with E-state index in [1.54, 1.807) is 172 Å². The van der Waals surface area contributed by atoms with Gasteiger partial charge in [-0.05, 0) is 235 Å². The number of hydrogen-bond acceptors (Lipinski definition) is 19. The van der Waals surface area contributed by atoms with Crippen LogP contribution in [0.5, 0.6) is 23.0 Å². The van der Waals surface area contributed by atoms with Gasteiger partial charge in [0.2, 0.25) is 0 Å². The third-order valence-electron chi connectivity index (χ3n) is 12.9. The number of allylic oxidation sites excluding steroid dienone is 3. The fraction of sp³-hybridized carbons (Fsp3) is 0.282. The largest absolute Gasteiger partial charge is 0.508 e. The van der Waals surface area contributed by atoms with Crippen molar-refractivity contribution in [3.05, 3.63) is 280 Å². The van der Waals surface area contributed by atoms with E-state index in [0.717, 1.165) is 60.7 Å². The Morgan fingerprint density at radius 3 is 0.900 bits per heavy atom. The van der Waals surface area contributed by atoms with E-state index in [-0.39, 0.29) is 69.7 Å². The zero-order valence-electron chi connectivity index (χ0n) is 65.4. The predicted molar refractivity (Wildman–Crippen MR) is 443 cm³/mol. The lowest BCUT2D eigenvalue weighted by atomic mass is 10.1. The van der Waals surface area contributed by atoms with Crippen molar-refractivity contribution in [2.75, 3.05) is 108 Å². The number of alkyl halides is 1. The molecule has 8 aromatic rings. The summed E-state index contributed by atoms with van der Waals surface area (Å²) in [5, 5.41) is 58.9. The Morgan fingerprint density at radius 1 is 0.400 bits per heavy atom. The van der Waals surface area contributed by atoms with Crippen molar-refractivity contribution in [3.63, 3.8) is 0 Å². The maximum atomic E-state index is 14.0. The molecular formula is C85H108Cl2F4N8O11. The number of ketones is 2. The smallest absolute Gasteiger partial charge is 0.188 e. The number of aldehydes is 1. The summed E-state index contributed by atoms with van der Waals surface area (Å²) in [7, 11) is 15.8. The normalized spacial score (nSPS) is 10.5. The maximum absolute atomic E-state index is 14.0. The number of oxime groups is 4. The number of carbonyl (C=O) groups excluding carboxylic acids is 3. The number of rotatable bonds is 25. The van der Waals surface area contributed by atoms with Gasteiger partial charge in [-0.3, -0.25) is 14.4 Å². The molecule has 0 radical (unpaired) electrons. The molecule has 5 N–H and O–H groups in total. The Labute approximate surface area is 658 Å². The molecule has 0 fully saturated rings. The average Bonchev–Trinajstić information content (AvgIpc) is 0.866. The quantitative estimate of drug-likeness (QED) is 0.00411. The molecule has 0 aromatic heterocycles. The predicted octanol–water partition coefficient (Wildman–Crippen LogP) is 18.2. The molecule has 0 bridgehead atoms. The van der Waals surface area contributed by atoms with Gasteiger partial charge in [-0.1, -0.05) is 144 Å². The SMILES string of the molecule is CC(=O)c1ccccc1F.CC(C)=NO.CC(C)=NOCCN(C)C.CCC.CN(C)CCCl.CN(C)CCON=C(/C=C/c1ccc(O)cc1)c1ccccc1F.CN(C)CCON=C(/C=C/c1ccc(O)cc1)c1ccccc1F.Cl.O=C(/C=C/c1ccc(O)cc1)c1ccccc1F.O=Cc1ccc(O)cc1. The van der Waals surface area contributed by atoms with Crippen LogP contribution >= 0.6 is 24.0 Å². The molecular weight excluding hydrogens is 1460 g/mol. The zero-order chi connectivity index (χ0) is 81.9. The van der Waals surface area contributed by atoms with E-state index in [1.807, 2.05) is 84.9 Å². The molecule has 596 valence electrons. The number of halogens is 6. The van der Waals surface area contributed by atoms with Gasteiger partial charge in [0.05, 0.1) is 22.6 Å². The van der Waals surface area contributed by atoms with E-state index in [0.29, 0.717) is 53.6 Å². The lowest BCUT2D eigenvalue weighted by Gasteiger charge is -2.08. The van der Waals surface area contributed by atoms with Crippen molar-refractivity contribution in [1.29, 1.82) is 0 Å². The molecule has 110 heavy (non-hydrogen) atoms. The van der Waals surface area contributed by atoms with E-state index in [4.69, 9.17) is 41.5 Å². The van der Waals surface area contributed by atoms with Crippen molar-refractivity contribution in [1.82, 2.24) is 19.6 Å². The molecule has 25 heteroatoms. The van der Waals surface area contributed by atoms with Crippen molar-refractivity contribution in [2.24, 2.45) is 20.6 Å². The number of phenolic OH excluding ortho intramolecular Hbond substituents is 4. The number of nitrogens with zero attached hydrogens (tertiary/aromatic N) is 8.